The van der Waals surface area contributed by atoms with Gasteiger partial charge in [-0.05, 0) is 50.7 Å². The lowest BCUT2D eigenvalue weighted by atomic mass is 9.86. The van der Waals surface area contributed by atoms with Crippen molar-refractivity contribution in [2.45, 2.75) is 38.6 Å². The number of benzene rings is 1. The molecular formula is C18H25FN4O2S. The number of halogens is 1. The Morgan fingerprint density at radius 3 is 2.62 bits per heavy atom. The smallest absolute Gasteiger partial charge is 0.211 e. The number of para-hydroxylation sites is 1. The van der Waals surface area contributed by atoms with Crippen LogP contribution in [-0.4, -0.2) is 36.5 Å². The Morgan fingerprint density at radius 1 is 1.19 bits per heavy atom. The molecule has 1 heterocycles. The largest absolute Gasteiger partial charge is 0.366 e. The standard InChI is InChI=1S/C18H25FN4O2S/c1-2-26(24,25)20-13-14-7-9-15(10-8-14)21-18-11-12-23(22-18)17-6-4-3-5-16(17)19/h3-6,11-12,14-15,20H,2,7-10,13H2,1H3,(H,21,22). The summed E-state index contributed by atoms with van der Waals surface area (Å²) in [5.74, 6) is 0.917. The van der Waals surface area contributed by atoms with Crippen LogP contribution in [0.3, 0.4) is 0 Å². The summed E-state index contributed by atoms with van der Waals surface area (Å²) in [6.07, 6.45) is 5.61. The number of hydrogen-bond donors (Lipinski definition) is 2. The molecular weight excluding hydrogens is 355 g/mol. The zero-order valence-electron chi connectivity index (χ0n) is 14.9. The van der Waals surface area contributed by atoms with E-state index in [1.165, 1.54) is 10.7 Å². The van der Waals surface area contributed by atoms with Crippen molar-refractivity contribution >= 4 is 15.8 Å². The molecule has 1 fully saturated rings. The lowest BCUT2D eigenvalue weighted by Gasteiger charge is -2.29. The molecule has 0 atom stereocenters. The van der Waals surface area contributed by atoms with E-state index in [-0.39, 0.29) is 11.6 Å². The molecule has 1 aromatic carbocycles. The first-order valence-electron chi connectivity index (χ1n) is 9.01. The van der Waals surface area contributed by atoms with Crippen molar-refractivity contribution in [3.05, 3.63) is 42.3 Å². The lowest BCUT2D eigenvalue weighted by Crippen LogP contribution is -2.34. The molecule has 0 saturated heterocycles. The Balaban J connectivity index is 1.50. The zero-order valence-corrected chi connectivity index (χ0v) is 15.7. The number of nitrogens with zero attached hydrogens (tertiary/aromatic N) is 2. The number of sulfonamides is 1. The Morgan fingerprint density at radius 2 is 1.92 bits per heavy atom. The van der Waals surface area contributed by atoms with E-state index < -0.39 is 10.0 Å². The van der Waals surface area contributed by atoms with Gasteiger partial charge in [0.2, 0.25) is 10.0 Å². The van der Waals surface area contributed by atoms with Crippen LogP contribution in [0, 0.1) is 11.7 Å². The minimum absolute atomic E-state index is 0.120. The van der Waals surface area contributed by atoms with Crippen LogP contribution in [0.4, 0.5) is 10.2 Å². The van der Waals surface area contributed by atoms with Crippen LogP contribution in [0.25, 0.3) is 5.69 Å². The van der Waals surface area contributed by atoms with Gasteiger partial charge in [-0.3, -0.25) is 0 Å². The molecule has 2 N–H and O–H groups in total. The van der Waals surface area contributed by atoms with Crippen molar-refractivity contribution in [1.29, 1.82) is 0 Å². The Bertz CT molecular complexity index is 829. The van der Waals surface area contributed by atoms with Crippen molar-refractivity contribution in [3.8, 4) is 5.69 Å². The first kappa shape index (κ1) is 18.8. The fourth-order valence-corrected chi connectivity index (χ4v) is 3.93. The molecule has 1 aromatic heterocycles. The molecule has 0 spiro atoms. The summed E-state index contributed by atoms with van der Waals surface area (Å²) in [6, 6.07) is 8.68. The van der Waals surface area contributed by atoms with Gasteiger partial charge < -0.3 is 5.32 Å². The second-order valence-electron chi connectivity index (χ2n) is 6.71. The second kappa shape index (κ2) is 8.18. The third-order valence-corrected chi connectivity index (χ3v) is 6.23. The summed E-state index contributed by atoms with van der Waals surface area (Å²) < 4.78 is 41.1. The highest BCUT2D eigenvalue weighted by molar-refractivity contribution is 7.89. The van der Waals surface area contributed by atoms with Gasteiger partial charge in [-0.15, -0.1) is 0 Å². The van der Waals surface area contributed by atoms with Crippen LogP contribution >= 0.6 is 0 Å². The predicted molar refractivity (Wildman–Crippen MR) is 100 cm³/mol. The van der Waals surface area contributed by atoms with E-state index in [0.29, 0.717) is 24.2 Å². The number of anilines is 1. The third-order valence-electron chi connectivity index (χ3n) is 4.86. The van der Waals surface area contributed by atoms with E-state index in [4.69, 9.17) is 0 Å². The van der Waals surface area contributed by atoms with Gasteiger partial charge in [0.05, 0.1) is 5.75 Å². The van der Waals surface area contributed by atoms with Crippen molar-refractivity contribution in [1.82, 2.24) is 14.5 Å². The van der Waals surface area contributed by atoms with Gasteiger partial charge in [-0.2, -0.15) is 5.10 Å². The van der Waals surface area contributed by atoms with Crippen molar-refractivity contribution in [2.75, 3.05) is 17.6 Å². The van der Waals surface area contributed by atoms with E-state index in [2.05, 4.69) is 15.1 Å². The second-order valence-corrected chi connectivity index (χ2v) is 8.81. The molecule has 0 aliphatic heterocycles. The highest BCUT2D eigenvalue weighted by atomic mass is 32.2. The van der Waals surface area contributed by atoms with Crippen LogP contribution < -0.4 is 10.0 Å². The van der Waals surface area contributed by atoms with Crippen LogP contribution in [0.2, 0.25) is 0 Å². The minimum atomic E-state index is -3.12. The SMILES string of the molecule is CCS(=O)(=O)NCC1CCC(Nc2ccn(-c3ccccc3F)n2)CC1. The molecule has 3 rings (SSSR count). The number of rotatable bonds is 7. The van der Waals surface area contributed by atoms with Crippen LogP contribution in [0.15, 0.2) is 36.5 Å². The number of nitrogens with one attached hydrogen (secondary N) is 2. The Kier molecular flexibility index (Phi) is 5.93. The third kappa shape index (κ3) is 4.82. The normalized spacial score (nSPS) is 20.8. The molecule has 142 valence electrons. The molecule has 1 aliphatic rings. The summed E-state index contributed by atoms with van der Waals surface area (Å²) in [4.78, 5) is 0. The molecule has 1 saturated carbocycles. The molecule has 26 heavy (non-hydrogen) atoms. The molecule has 8 heteroatoms. The topological polar surface area (TPSA) is 76.0 Å². The Hall–Kier alpha value is -1.93. The van der Waals surface area contributed by atoms with E-state index in [9.17, 15) is 12.8 Å². The van der Waals surface area contributed by atoms with Gasteiger partial charge in [-0.25, -0.2) is 22.2 Å². The fraction of sp³-hybridized carbons (Fsp3) is 0.500. The maximum Gasteiger partial charge on any atom is 0.211 e. The minimum Gasteiger partial charge on any atom is -0.366 e. The van der Waals surface area contributed by atoms with Crippen LogP contribution in [0.5, 0.6) is 0 Å². The Labute approximate surface area is 153 Å². The first-order valence-corrected chi connectivity index (χ1v) is 10.7. The average Bonchev–Trinajstić information content (AvgIpc) is 3.10. The molecule has 0 unspecified atom stereocenters. The van der Waals surface area contributed by atoms with Gasteiger partial charge in [0.25, 0.3) is 0 Å². The van der Waals surface area contributed by atoms with Crippen LogP contribution in [0.1, 0.15) is 32.6 Å². The lowest BCUT2D eigenvalue weighted by molar-refractivity contribution is 0.337. The maximum absolute atomic E-state index is 13.8. The van der Waals surface area contributed by atoms with E-state index in [1.807, 2.05) is 6.07 Å². The zero-order chi connectivity index (χ0) is 18.6. The van der Waals surface area contributed by atoms with Gasteiger partial charge in [0.15, 0.2) is 0 Å². The number of hydrogen-bond acceptors (Lipinski definition) is 4. The summed E-state index contributed by atoms with van der Waals surface area (Å²) in [5.41, 5.74) is 0.424. The molecule has 2 aromatic rings. The quantitative estimate of drug-likeness (QED) is 0.774. The summed E-state index contributed by atoms with van der Waals surface area (Å²) in [7, 11) is -3.12. The van der Waals surface area contributed by atoms with Gasteiger partial charge in [-0.1, -0.05) is 12.1 Å². The van der Waals surface area contributed by atoms with Crippen molar-refractivity contribution in [2.24, 2.45) is 5.92 Å². The van der Waals surface area contributed by atoms with E-state index >= 15 is 0 Å². The van der Waals surface area contributed by atoms with Crippen molar-refractivity contribution in [3.63, 3.8) is 0 Å². The number of aromatic nitrogens is 2. The van der Waals surface area contributed by atoms with Crippen LogP contribution in [-0.2, 0) is 10.0 Å². The van der Waals surface area contributed by atoms with Gasteiger partial charge >= 0.3 is 0 Å². The molecule has 0 radical (unpaired) electrons. The maximum atomic E-state index is 13.8. The highest BCUT2D eigenvalue weighted by Gasteiger charge is 2.22. The van der Waals surface area contributed by atoms with Gasteiger partial charge in [0, 0.05) is 24.8 Å². The molecule has 1 aliphatic carbocycles. The van der Waals surface area contributed by atoms with Gasteiger partial charge in [0.1, 0.15) is 17.3 Å². The first-order chi connectivity index (χ1) is 12.5. The fourth-order valence-electron chi connectivity index (χ4n) is 3.24. The van der Waals surface area contributed by atoms with E-state index in [1.54, 1.807) is 31.3 Å². The predicted octanol–water partition coefficient (Wildman–Crippen LogP) is 2.92. The monoisotopic (exact) mass is 380 g/mol. The summed E-state index contributed by atoms with van der Waals surface area (Å²) >= 11 is 0. The highest BCUT2D eigenvalue weighted by Crippen LogP contribution is 2.26. The summed E-state index contributed by atoms with van der Waals surface area (Å²) in [5, 5.41) is 7.81. The molecule has 0 bridgehead atoms. The molecule has 6 nitrogen and oxygen atoms in total. The molecule has 0 amide bonds. The average molecular weight is 380 g/mol. The van der Waals surface area contributed by atoms with E-state index in [0.717, 1.165) is 31.5 Å². The summed E-state index contributed by atoms with van der Waals surface area (Å²) in [6.45, 7) is 2.16. The van der Waals surface area contributed by atoms with Crippen molar-refractivity contribution < 1.29 is 12.8 Å².